The minimum absolute atomic E-state index is 0.113. The van der Waals surface area contributed by atoms with Gasteiger partial charge in [-0.05, 0) is 60.1 Å². The van der Waals surface area contributed by atoms with E-state index in [1.807, 2.05) is 35.2 Å². The van der Waals surface area contributed by atoms with Crippen molar-refractivity contribution in [2.24, 2.45) is 0 Å². The van der Waals surface area contributed by atoms with E-state index >= 15 is 0 Å². The highest BCUT2D eigenvalue weighted by atomic mass is 32.2. The fraction of sp³-hybridized carbons (Fsp3) is 0.240. The largest absolute Gasteiger partial charge is 0.284 e. The topological polar surface area (TPSA) is 46.1 Å². The molecule has 158 valence electrons. The first-order chi connectivity index (χ1) is 15.2. The number of benzene rings is 2. The number of rotatable bonds is 9. The van der Waals surface area contributed by atoms with Crippen molar-refractivity contribution in [3.8, 4) is 0 Å². The molecule has 0 atom stereocenters. The van der Waals surface area contributed by atoms with Gasteiger partial charge in [0.05, 0.1) is 16.8 Å². The normalized spacial score (nSPS) is 11.0. The van der Waals surface area contributed by atoms with E-state index in [0.29, 0.717) is 13.0 Å². The quantitative estimate of drug-likeness (QED) is 0.221. The molecule has 6 heteroatoms. The highest BCUT2D eigenvalue weighted by Crippen LogP contribution is 2.32. The minimum Gasteiger partial charge on any atom is -0.284 e. The van der Waals surface area contributed by atoms with Gasteiger partial charge in [-0.1, -0.05) is 48.6 Å². The molecule has 0 saturated heterocycles. The molecule has 2 heterocycles. The number of para-hydroxylation sites is 1. The molecular weight excluding hydrogens is 422 g/mol. The summed E-state index contributed by atoms with van der Waals surface area (Å²) in [5.74, 6) is 1.03. The minimum atomic E-state index is 0.113. The van der Waals surface area contributed by atoms with Crippen LogP contribution in [0.15, 0.2) is 78.0 Å². The highest BCUT2D eigenvalue weighted by molar-refractivity contribution is 7.99. The van der Waals surface area contributed by atoms with Crippen molar-refractivity contribution >= 4 is 44.4 Å². The van der Waals surface area contributed by atoms with Gasteiger partial charge in [-0.3, -0.25) is 14.7 Å². The van der Waals surface area contributed by atoms with Crippen LogP contribution < -0.4 is 4.90 Å². The van der Waals surface area contributed by atoms with Gasteiger partial charge in [-0.15, -0.1) is 11.8 Å². The fourth-order valence-corrected chi connectivity index (χ4v) is 5.30. The van der Waals surface area contributed by atoms with Crippen molar-refractivity contribution in [3.05, 3.63) is 84.2 Å². The Morgan fingerprint density at radius 3 is 2.61 bits per heavy atom. The van der Waals surface area contributed by atoms with Crippen molar-refractivity contribution < 1.29 is 4.79 Å². The predicted molar refractivity (Wildman–Crippen MR) is 131 cm³/mol. The summed E-state index contributed by atoms with van der Waals surface area (Å²) in [5.41, 5.74) is 3.28. The van der Waals surface area contributed by atoms with E-state index < -0.39 is 0 Å². The van der Waals surface area contributed by atoms with Crippen LogP contribution in [0.2, 0.25) is 0 Å². The maximum Gasteiger partial charge on any atom is 0.229 e. The zero-order valence-corrected chi connectivity index (χ0v) is 19.2. The molecular formula is C25H25N3OS2. The lowest BCUT2D eigenvalue weighted by molar-refractivity contribution is -0.118. The molecule has 0 aliphatic heterocycles. The Balaban J connectivity index is 1.50. The Morgan fingerprint density at radius 2 is 1.84 bits per heavy atom. The van der Waals surface area contributed by atoms with Crippen molar-refractivity contribution in [2.75, 3.05) is 10.7 Å². The Bertz CT molecular complexity index is 1130. The summed E-state index contributed by atoms with van der Waals surface area (Å²) in [7, 11) is 0. The summed E-state index contributed by atoms with van der Waals surface area (Å²) in [4.78, 5) is 25.3. The van der Waals surface area contributed by atoms with Gasteiger partial charge in [0, 0.05) is 23.7 Å². The lowest BCUT2D eigenvalue weighted by Gasteiger charge is -2.20. The number of nitrogens with zero attached hydrogens (tertiary/aromatic N) is 3. The number of pyridine rings is 1. The number of hydrogen-bond donors (Lipinski definition) is 0. The van der Waals surface area contributed by atoms with Crippen molar-refractivity contribution in [1.29, 1.82) is 0 Å². The molecule has 4 rings (SSSR count). The molecule has 0 spiro atoms. The Labute approximate surface area is 191 Å². The molecule has 4 aromatic rings. The van der Waals surface area contributed by atoms with E-state index in [2.05, 4.69) is 42.2 Å². The number of anilines is 1. The van der Waals surface area contributed by atoms with Gasteiger partial charge < -0.3 is 0 Å². The van der Waals surface area contributed by atoms with E-state index in [1.165, 1.54) is 10.5 Å². The van der Waals surface area contributed by atoms with E-state index in [0.717, 1.165) is 39.5 Å². The summed E-state index contributed by atoms with van der Waals surface area (Å²) in [6.07, 6.45) is 5.79. The van der Waals surface area contributed by atoms with Crippen molar-refractivity contribution in [1.82, 2.24) is 9.97 Å². The molecule has 0 N–H and O–H groups in total. The number of carbonyl (C=O) groups excluding carboxylic acids is 1. The average molecular weight is 448 g/mol. The van der Waals surface area contributed by atoms with Crippen LogP contribution in [0.3, 0.4) is 0 Å². The fourth-order valence-electron chi connectivity index (χ4n) is 3.39. The van der Waals surface area contributed by atoms with Gasteiger partial charge in [0.1, 0.15) is 0 Å². The number of fused-ring (bicyclic) bond motifs is 1. The third kappa shape index (κ3) is 5.51. The Kier molecular flexibility index (Phi) is 7.33. The first kappa shape index (κ1) is 21.5. The summed E-state index contributed by atoms with van der Waals surface area (Å²) < 4.78 is 1.13. The molecule has 0 radical (unpaired) electrons. The highest BCUT2D eigenvalue weighted by Gasteiger charge is 2.20. The van der Waals surface area contributed by atoms with Crippen LogP contribution >= 0.6 is 23.1 Å². The van der Waals surface area contributed by atoms with E-state index in [1.54, 1.807) is 35.5 Å². The third-order valence-corrected chi connectivity index (χ3v) is 7.18. The SMILES string of the molecule is CCc1cccc2sc(N(Cc3ccncc3)C(=O)CCCSc3ccccc3)nc12. The Morgan fingerprint density at radius 1 is 1.03 bits per heavy atom. The van der Waals surface area contributed by atoms with E-state index in [9.17, 15) is 4.79 Å². The monoisotopic (exact) mass is 447 g/mol. The molecule has 0 aliphatic rings. The molecule has 0 saturated carbocycles. The zero-order valence-electron chi connectivity index (χ0n) is 17.5. The van der Waals surface area contributed by atoms with Crippen LogP contribution in [0, 0.1) is 0 Å². The van der Waals surface area contributed by atoms with Crippen LogP contribution in [0.5, 0.6) is 0 Å². The number of carbonyl (C=O) groups is 1. The zero-order chi connectivity index (χ0) is 21.5. The first-order valence-corrected chi connectivity index (χ1v) is 12.3. The van der Waals surface area contributed by atoms with Gasteiger partial charge in [-0.2, -0.15) is 0 Å². The van der Waals surface area contributed by atoms with Crippen LogP contribution in [0.25, 0.3) is 10.2 Å². The van der Waals surface area contributed by atoms with E-state index in [4.69, 9.17) is 4.98 Å². The summed E-state index contributed by atoms with van der Waals surface area (Å²) in [5, 5.41) is 0.772. The Hall–Kier alpha value is -2.70. The summed E-state index contributed by atoms with van der Waals surface area (Å²) in [6, 6.07) is 20.5. The van der Waals surface area contributed by atoms with E-state index in [-0.39, 0.29) is 5.91 Å². The van der Waals surface area contributed by atoms with Crippen LogP contribution in [0.1, 0.15) is 30.9 Å². The van der Waals surface area contributed by atoms with Gasteiger partial charge >= 0.3 is 0 Å². The third-order valence-electron chi connectivity index (χ3n) is 5.04. The average Bonchev–Trinajstić information content (AvgIpc) is 3.25. The van der Waals surface area contributed by atoms with Crippen molar-refractivity contribution in [3.63, 3.8) is 0 Å². The van der Waals surface area contributed by atoms with Gasteiger partial charge in [0.15, 0.2) is 5.13 Å². The molecule has 4 nitrogen and oxygen atoms in total. The molecule has 31 heavy (non-hydrogen) atoms. The maximum atomic E-state index is 13.3. The molecule has 0 fully saturated rings. The summed E-state index contributed by atoms with van der Waals surface area (Å²) in [6.45, 7) is 2.65. The van der Waals surface area contributed by atoms with Crippen molar-refractivity contribution in [2.45, 2.75) is 37.6 Å². The van der Waals surface area contributed by atoms with Gasteiger partial charge in [0.25, 0.3) is 0 Å². The molecule has 2 aromatic heterocycles. The lowest BCUT2D eigenvalue weighted by Crippen LogP contribution is -2.30. The van der Waals surface area contributed by atoms with Crippen LogP contribution in [0.4, 0.5) is 5.13 Å². The number of aromatic nitrogens is 2. The summed E-state index contributed by atoms with van der Waals surface area (Å²) >= 11 is 3.38. The second-order valence-corrected chi connectivity index (χ2v) is 9.39. The maximum absolute atomic E-state index is 13.3. The van der Waals surface area contributed by atoms with Crippen LogP contribution in [-0.2, 0) is 17.8 Å². The van der Waals surface area contributed by atoms with Crippen LogP contribution in [-0.4, -0.2) is 21.6 Å². The number of thioether (sulfide) groups is 1. The number of amides is 1. The standard InChI is InChI=1S/C25H25N3OS2/c1-2-20-8-6-11-22-24(20)27-25(31-22)28(18-19-13-15-26-16-14-19)23(29)12-7-17-30-21-9-4-3-5-10-21/h3-6,8-11,13-16H,2,7,12,17-18H2,1H3. The second kappa shape index (κ2) is 10.6. The number of hydrogen-bond acceptors (Lipinski definition) is 5. The number of thiazole rings is 1. The smallest absolute Gasteiger partial charge is 0.229 e. The molecule has 0 unspecified atom stereocenters. The molecule has 1 amide bonds. The first-order valence-electron chi connectivity index (χ1n) is 10.5. The second-order valence-electron chi connectivity index (χ2n) is 7.21. The number of aryl methyl sites for hydroxylation is 1. The molecule has 0 aliphatic carbocycles. The lowest BCUT2D eigenvalue weighted by atomic mass is 10.1. The molecule has 2 aromatic carbocycles. The van der Waals surface area contributed by atoms with Gasteiger partial charge in [-0.25, -0.2) is 4.98 Å². The predicted octanol–water partition coefficient (Wildman–Crippen LogP) is 6.36. The molecule has 0 bridgehead atoms. The van der Waals surface area contributed by atoms with Gasteiger partial charge in [0.2, 0.25) is 5.91 Å².